The van der Waals surface area contributed by atoms with Gasteiger partial charge in [-0.15, -0.1) is 22.7 Å². The van der Waals surface area contributed by atoms with Crippen molar-refractivity contribution < 1.29 is 38.1 Å². The van der Waals surface area contributed by atoms with E-state index < -0.39 is 47.0 Å². The number of hydrogen-bond acceptors (Lipinski definition) is 12. The van der Waals surface area contributed by atoms with Crippen LogP contribution in [0.2, 0.25) is 0 Å². The second-order valence-electron chi connectivity index (χ2n) is 17.9. The second-order valence-corrected chi connectivity index (χ2v) is 19.6. The van der Waals surface area contributed by atoms with Gasteiger partial charge in [0.2, 0.25) is 11.8 Å². The summed E-state index contributed by atoms with van der Waals surface area (Å²) < 4.78 is 32.5. The smallest absolute Gasteiger partial charge is 0.258 e. The molecule has 3 unspecified atom stereocenters. The number of unbranched alkanes of at least 4 members (excludes halogenated alkanes) is 5. The number of anilines is 1. The van der Waals surface area contributed by atoms with Gasteiger partial charge in [0.05, 0.1) is 54.3 Å². The molecule has 3 N–H and O–H groups in total. The van der Waals surface area contributed by atoms with E-state index in [1.807, 2.05) is 42.8 Å². The number of carbonyl (C=O) groups is 3. The maximum Gasteiger partial charge on any atom is 0.258 e. The topological polar surface area (TPSA) is 155 Å². The average Bonchev–Trinajstić information content (AvgIpc) is 3.58. The number of hydrogen-bond donors (Lipinski definition) is 3. The number of rotatable bonds is 20. The number of β-amino-alcohol motifs (C(OH)–C–C–N with tert-alkyl or cyclic N) is 1. The van der Waals surface area contributed by atoms with Crippen molar-refractivity contribution in [3.05, 3.63) is 64.6 Å². The number of ether oxygens (including phenoxy) is 3. The van der Waals surface area contributed by atoms with Crippen LogP contribution < -0.4 is 25.0 Å². The zero-order valence-corrected chi connectivity index (χ0v) is 38.5. The molecule has 2 aromatic heterocycles. The van der Waals surface area contributed by atoms with Crippen LogP contribution in [0, 0.1) is 12.3 Å². The molecule has 3 amide bonds. The standard InChI is InChI=1S/C47H61FN6O7S2/c1-31-40(63-30-50-31)33-11-12-34(27-49-42(56)38-26-35(55)28-54(38)43(57)41(46(2,3)4)52-44(58)47(48)17-18-47)39(25-33)61-22-10-8-6-5-7-9-21-60-36-15-13-32(14-16-36)37-29-62-45(51-37)53-19-23-59-24-20-53/h11-16,25,29-30,35,38,41,55H,5-10,17-24,26-28H2,1-4H3,(H,49,56)(H,52,58). The Morgan fingerprint density at radius 1 is 0.968 bits per heavy atom. The SMILES string of the molecule is Cc1ncsc1-c1ccc(CNC(=O)C2CC(O)CN2C(=O)C(NC(=O)C2(F)CC2)C(C)(C)C)c(OCCCCCCCCOc2ccc(-c3csc(N4CCOCC4)n3)cc2)c1. The molecule has 7 rings (SSSR count). The first-order valence-corrected chi connectivity index (χ1v) is 24.0. The van der Waals surface area contributed by atoms with Crippen molar-refractivity contribution in [1.29, 1.82) is 0 Å². The molecule has 0 radical (unpaired) electrons. The lowest BCUT2D eigenvalue weighted by molar-refractivity contribution is -0.145. The largest absolute Gasteiger partial charge is 0.494 e. The van der Waals surface area contributed by atoms with Gasteiger partial charge in [-0.05, 0) is 73.9 Å². The van der Waals surface area contributed by atoms with Gasteiger partial charge in [-0.2, -0.15) is 0 Å². The highest BCUT2D eigenvalue weighted by Crippen LogP contribution is 2.41. The molecule has 16 heteroatoms. The van der Waals surface area contributed by atoms with Crippen LogP contribution in [0.25, 0.3) is 21.7 Å². The van der Waals surface area contributed by atoms with Gasteiger partial charge in [0.1, 0.15) is 23.6 Å². The molecule has 3 aliphatic rings. The van der Waals surface area contributed by atoms with Gasteiger partial charge in [-0.25, -0.2) is 14.4 Å². The molecule has 0 bridgehead atoms. The molecule has 2 aliphatic heterocycles. The number of amides is 3. The summed E-state index contributed by atoms with van der Waals surface area (Å²) in [4.78, 5) is 54.2. The monoisotopic (exact) mass is 904 g/mol. The van der Waals surface area contributed by atoms with Crippen molar-refractivity contribution in [2.75, 3.05) is 51.0 Å². The van der Waals surface area contributed by atoms with E-state index in [0.29, 0.717) is 19.0 Å². The van der Waals surface area contributed by atoms with Crippen molar-refractivity contribution in [2.24, 2.45) is 5.41 Å². The van der Waals surface area contributed by atoms with Crippen LogP contribution in [0.3, 0.4) is 0 Å². The number of nitrogens with one attached hydrogen (secondary N) is 2. The lowest BCUT2D eigenvalue weighted by Crippen LogP contribution is -2.59. The zero-order valence-electron chi connectivity index (χ0n) is 36.8. The summed E-state index contributed by atoms with van der Waals surface area (Å²) >= 11 is 3.22. The number of aliphatic hydroxyl groups excluding tert-OH is 1. The molecule has 340 valence electrons. The van der Waals surface area contributed by atoms with Crippen molar-refractivity contribution >= 4 is 45.5 Å². The molecule has 3 atom stereocenters. The Morgan fingerprint density at radius 3 is 2.32 bits per heavy atom. The van der Waals surface area contributed by atoms with Crippen LogP contribution in [0.5, 0.6) is 11.5 Å². The summed E-state index contributed by atoms with van der Waals surface area (Å²) in [7, 11) is 0. The first-order valence-electron chi connectivity index (χ1n) is 22.2. The fraction of sp³-hybridized carbons (Fsp3) is 0.553. The second kappa shape index (κ2) is 20.9. The molecule has 1 aliphatic carbocycles. The van der Waals surface area contributed by atoms with Gasteiger partial charge in [0.15, 0.2) is 10.8 Å². The van der Waals surface area contributed by atoms with Crippen molar-refractivity contribution in [2.45, 2.75) is 116 Å². The van der Waals surface area contributed by atoms with Gasteiger partial charge in [-0.1, -0.05) is 58.6 Å². The number of morpholine rings is 1. The van der Waals surface area contributed by atoms with Crippen LogP contribution in [0.15, 0.2) is 53.4 Å². The van der Waals surface area contributed by atoms with E-state index in [1.54, 1.807) is 43.4 Å². The van der Waals surface area contributed by atoms with Gasteiger partial charge in [-0.3, -0.25) is 14.4 Å². The predicted molar refractivity (Wildman–Crippen MR) is 244 cm³/mol. The maximum atomic E-state index is 14.6. The Hall–Kier alpha value is -4.64. The van der Waals surface area contributed by atoms with Crippen molar-refractivity contribution in [3.8, 4) is 33.2 Å². The Balaban J connectivity index is 0.854. The van der Waals surface area contributed by atoms with E-state index >= 15 is 0 Å². The van der Waals surface area contributed by atoms with Gasteiger partial charge in [0, 0.05) is 49.1 Å². The highest BCUT2D eigenvalue weighted by molar-refractivity contribution is 7.14. The molecule has 2 saturated heterocycles. The van der Waals surface area contributed by atoms with Crippen LogP contribution in [-0.4, -0.2) is 108 Å². The van der Waals surface area contributed by atoms with Crippen molar-refractivity contribution in [3.63, 3.8) is 0 Å². The van der Waals surface area contributed by atoms with E-state index in [0.717, 1.165) is 109 Å². The maximum absolute atomic E-state index is 14.6. The fourth-order valence-electron chi connectivity index (χ4n) is 7.87. The number of benzene rings is 2. The van der Waals surface area contributed by atoms with Crippen LogP contribution in [0.1, 0.15) is 89.8 Å². The molecule has 3 fully saturated rings. The van der Waals surface area contributed by atoms with E-state index in [1.165, 1.54) is 4.90 Å². The number of carbonyl (C=O) groups excluding carboxylic acids is 3. The minimum Gasteiger partial charge on any atom is -0.494 e. The van der Waals surface area contributed by atoms with E-state index in [2.05, 4.69) is 38.0 Å². The average molecular weight is 905 g/mol. The summed E-state index contributed by atoms with van der Waals surface area (Å²) in [6, 6.07) is 12.0. The minimum absolute atomic E-state index is 0.0504. The Morgan fingerprint density at radius 2 is 1.65 bits per heavy atom. The van der Waals surface area contributed by atoms with E-state index in [-0.39, 0.29) is 32.4 Å². The zero-order chi connectivity index (χ0) is 44.6. The minimum atomic E-state index is -1.96. The number of thiazole rings is 2. The summed E-state index contributed by atoms with van der Waals surface area (Å²) in [6.45, 7) is 11.8. The van der Waals surface area contributed by atoms with Gasteiger partial charge in [0.25, 0.3) is 5.91 Å². The molecule has 1 saturated carbocycles. The van der Waals surface area contributed by atoms with Gasteiger partial charge >= 0.3 is 0 Å². The predicted octanol–water partition coefficient (Wildman–Crippen LogP) is 7.49. The molecule has 4 aromatic rings. The molecular weight excluding hydrogens is 844 g/mol. The Kier molecular flexibility index (Phi) is 15.4. The number of aryl methyl sites for hydroxylation is 1. The summed E-state index contributed by atoms with van der Waals surface area (Å²) in [6.07, 6.45) is 5.50. The number of nitrogens with zero attached hydrogens (tertiary/aromatic N) is 4. The summed E-state index contributed by atoms with van der Waals surface area (Å²) in [5.41, 5.74) is 3.83. The normalized spacial score (nSPS) is 18.8. The Bertz CT molecular complexity index is 2160. The highest BCUT2D eigenvalue weighted by atomic mass is 32.1. The lowest BCUT2D eigenvalue weighted by atomic mass is 9.85. The summed E-state index contributed by atoms with van der Waals surface area (Å²) in [5.74, 6) is -0.242. The number of alkyl halides is 1. The van der Waals surface area contributed by atoms with E-state index in [9.17, 15) is 23.9 Å². The van der Waals surface area contributed by atoms with Crippen LogP contribution >= 0.6 is 22.7 Å². The Labute approximate surface area is 377 Å². The molecular formula is C47H61FN6O7S2. The van der Waals surface area contributed by atoms with E-state index in [4.69, 9.17) is 19.2 Å². The molecule has 13 nitrogen and oxygen atoms in total. The number of aromatic nitrogens is 2. The quantitative estimate of drug-likeness (QED) is 0.0761. The van der Waals surface area contributed by atoms with Crippen LogP contribution in [0.4, 0.5) is 9.52 Å². The van der Waals surface area contributed by atoms with Gasteiger partial charge < -0.3 is 39.8 Å². The molecule has 63 heavy (non-hydrogen) atoms. The molecule has 0 spiro atoms. The first-order chi connectivity index (χ1) is 30.3. The van der Waals surface area contributed by atoms with Crippen LogP contribution in [-0.2, 0) is 25.7 Å². The third kappa shape index (κ3) is 12.1. The lowest BCUT2D eigenvalue weighted by Gasteiger charge is -2.35. The number of halogens is 1. The third-order valence-corrected chi connectivity index (χ3v) is 13.7. The summed E-state index contributed by atoms with van der Waals surface area (Å²) in [5, 5.41) is 19.3. The van der Waals surface area contributed by atoms with Crippen molar-refractivity contribution in [1.82, 2.24) is 25.5 Å². The third-order valence-electron chi connectivity index (χ3n) is 11.9. The first kappa shape index (κ1) is 46.4. The highest BCUT2D eigenvalue weighted by Gasteiger charge is 2.53. The fourth-order valence-corrected chi connectivity index (χ4v) is 9.57. The number of likely N-dealkylation sites (tertiary alicyclic amines) is 1. The molecule has 2 aromatic carbocycles. The number of aliphatic hydroxyl groups is 1. The molecule has 4 heterocycles.